The van der Waals surface area contributed by atoms with Gasteiger partial charge >= 0.3 is 0 Å². The van der Waals surface area contributed by atoms with Crippen molar-refractivity contribution in [2.24, 2.45) is 10.9 Å². The highest BCUT2D eigenvalue weighted by molar-refractivity contribution is 5.99. The first-order valence-electron chi connectivity index (χ1n) is 4.04. The van der Waals surface area contributed by atoms with Crippen molar-refractivity contribution in [3.05, 3.63) is 35.6 Å². The number of aryl methyl sites for hydroxylation is 1. The van der Waals surface area contributed by atoms with Gasteiger partial charge in [-0.15, -0.1) is 0 Å². The predicted octanol–water partition coefficient (Wildman–Crippen LogP) is 2.03. The lowest BCUT2D eigenvalue weighted by atomic mass is 10.1. The van der Waals surface area contributed by atoms with Gasteiger partial charge in [-0.25, -0.2) is 0 Å². The molecule has 2 N–H and O–H groups in total. The number of hydrazone groups is 1. The highest BCUT2D eigenvalue weighted by Gasteiger charge is 2.06. The number of para-hydroxylation sites is 1. The third-order valence-electron chi connectivity index (χ3n) is 2.02. The quantitative estimate of drug-likeness (QED) is 0.408. The molecule has 13 heavy (non-hydrogen) atoms. The number of nitrogens with two attached hydrogens (primary N) is 1. The third kappa shape index (κ3) is 1.18. The van der Waals surface area contributed by atoms with Crippen LogP contribution in [-0.4, -0.2) is 6.21 Å². The molecule has 2 rings (SSSR count). The summed E-state index contributed by atoms with van der Waals surface area (Å²) in [6, 6.07) is 7.82. The Morgan fingerprint density at radius 1 is 1.38 bits per heavy atom. The summed E-state index contributed by atoms with van der Waals surface area (Å²) in [4.78, 5) is 0. The fourth-order valence-corrected chi connectivity index (χ4v) is 1.42. The summed E-state index contributed by atoms with van der Waals surface area (Å²) in [6.45, 7) is 1.90. The molecule has 0 saturated carbocycles. The summed E-state index contributed by atoms with van der Waals surface area (Å²) in [5, 5.41) is 4.55. The number of hydrogen-bond acceptors (Lipinski definition) is 3. The van der Waals surface area contributed by atoms with Crippen LogP contribution in [0.3, 0.4) is 0 Å². The van der Waals surface area contributed by atoms with Crippen molar-refractivity contribution in [1.82, 2.24) is 0 Å². The van der Waals surface area contributed by atoms with Gasteiger partial charge in [0, 0.05) is 10.9 Å². The second-order valence-corrected chi connectivity index (χ2v) is 2.85. The van der Waals surface area contributed by atoms with Gasteiger partial charge in [-0.3, -0.25) is 0 Å². The molecule has 3 nitrogen and oxygen atoms in total. The van der Waals surface area contributed by atoms with E-state index in [0.29, 0.717) is 0 Å². The van der Waals surface area contributed by atoms with Gasteiger partial charge in [0.25, 0.3) is 0 Å². The van der Waals surface area contributed by atoms with E-state index in [1.807, 2.05) is 31.2 Å². The lowest BCUT2D eigenvalue weighted by Crippen LogP contribution is -1.86. The maximum atomic E-state index is 5.50. The van der Waals surface area contributed by atoms with Crippen molar-refractivity contribution in [2.45, 2.75) is 6.92 Å². The van der Waals surface area contributed by atoms with Gasteiger partial charge in [0.15, 0.2) is 0 Å². The van der Waals surface area contributed by atoms with Crippen LogP contribution >= 0.6 is 0 Å². The van der Waals surface area contributed by atoms with E-state index in [1.54, 1.807) is 6.21 Å². The van der Waals surface area contributed by atoms with E-state index >= 15 is 0 Å². The molecule has 1 heterocycles. The van der Waals surface area contributed by atoms with Gasteiger partial charge in [0.05, 0.1) is 6.21 Å². The second-order valence-electron chi connectivity index (χ2n) is 2.85. The summed E-state index contributed by atoms with van der Waals surface area (Å²) in [5.41, 5.74) is 1.83. The molecule has 0 aliphatic rings. The minimum Gasteiger partial charge on any atom is -0.461 e. The van der Waals surface area contributed by atoms with Gasteiger partial charge < -0.3 is 10.3 Å². The van der Waals surface area contributed by atoms with Crippen molar-refractivity contribution < 1.29 is 4.42 Å². The van der Waals surface area contributed by atoms with Crippen LogP contribution in [-0.2, 0) is 0 Å². The maximum absolute atomic E-state index is 5.50. The lowest BCUT2D eigenvalue weighted by Gasteiger charge is -1.87. The lowest BCUT2D eigenvalue weighted by molar-refractivity contribution is 0.578. The highest BCUT2D eigenvalue weighted by Crippen LogP contribution is 2.23. The number of fused-ring (bicyclic) bond motifs is 1. The summed E-state index contributed by atoms with van der Waals surface area (Å²) in [5.74, 6) is 5.95. The van der Waals surface area contributed by atoms with E-state index in [4.69, 9.17) is 10.3 Å². The second kappa shape index (κ2) is 2.94. The molecule has 0 radical (unpaired) electrons. The molecule has 0 unspecified atom stereocenters. The molecule has 1 aromatic heterocycles. The van der Waals surface area contributed by atoms with E-state index < -0.39 is 0 Å². The smallest absolute Gasteiger partial charge is 0.134 e. The van der Waals surface area contributed by atoms with Gasteiger partial charge in [0.1, 0.15) is 11.3 Å². The number of nitrogens with zero attached hydrogens (tertiary/aromatic N) is 1. The normalized spacial score (nSPS) is 11.5. The van der Waals surface area contributed by atoms with Gasteiger partial charge in [-0.2, -0.15) is 5.10 Å². The summed E-state index contributed by atoms with van der Waals surface area (Å²) in [7, 11) is 0. The van der Waals surface area contributed by atoms with Crippen molar-refractivity contribution in [3.63, 3.8) is 0 Å². The Hall–Kier alpha value is -1.77. The number of hydrogen-bond donors (Lipinski definition) is 1. The Labute approximate surface area is 75.8 Å². The molecule has 0 aliphatic carbocycles. The molecule has 3 heteroatoms. The minimum absolute atomic E-state index is 0.843. The van der Waals surface area contributed by atoms with Crippen LogP contribution < -0.4 is 5.84 Å². The van der Waals surface area contributed by atoms with Crippen LogP contribution in [0.4, 0.5) is 0 Å². The van der Waals surface area contributed by atoms with E-state index in [2.05, 4.69) is 5.10 Å². The number of rotatable bonds is 1. The Kier molecular flexibility index (Phi) is 1.77. The largest absolute Gasteiger partial charge is 0.461 e. The molecule has 0 spiro atoms. The summed E-state index contributed by atoms with van der Waals surface area (Å²) < 4.78 is 5.50. The molecule has 1 aromatic carbocycles. The first-order chi connectivity index (χ1) is 6.33. The monoisotopic (exact) mass is 174 g/mol. The molecule has 0 bridgehead atoms. The van der Waals surface area contributed by atoms with Crippen LogP contribution in [0.1, 0.15) is 11.3 Å². The van der Waals surface area contributed by atoms with Crippen molar-refractivity contribution in [3.8, 4) is 0 Å². The molecule has 0 saturated heterocycles. The Bertz CT molecular complexity index is 457. The van der Waals surface area contributed by atoms with Crippen LogP contribution in [0.5, 0.6) is 0 Å². The third-order valence-corrected chi connectivity index (χ3v) is 2.02. The predicted molar refractivity (Wildman–Crippen MR) is 52.7 cm³/mol. The van der Waals surface area contributed by atoms with E-state index in [1.165, 1.54) is 0 Å². The zero-order chi connectivity index (χ0) is 9.26. The first-order valence-corrected chi connectivity index (χ1v) is 4.04. The molecular weight excluding hydrogens is 164 g/mol. The van der Waals surface area contributed by atoms with E-state index in [0.717, 1.165) is 22.3 Å². The minimum atomic E-state index is 0.843. The van der Waals surface area contributed by atoms with Crippen LogP contribution in [0.15, 0.2) is 33.8 Å². The zero-order valence-corrected chi connectivity index (χ0v) is 7.32. The van der Waals surface area contributed by atoms with Crippen LogP contribution in [0.25, 0.3) is 11.0 Å². The van der Waals surface area contributed by atoms with Gasteiger partial charge in [0.2, 0.25) is 0 Å². The Morgan fingerprint density at radius 2 is 2.15 bits per heavy atom. The average molecular weight is 174 g/mol. The number of benzene rings is 1. The summed E-state index contributed by atoms with van der Waals surface area (Å²) >= 11 is 0. The first kappa shape index (κ1) is 7.86. The van der Waals surface area contributed by atoms with Crippen molar-refractivity contribution in [2.75, 3.05) is 0 Å². The molecule has 66 valence electrons. The highest BCUT2D eigenvalue weighted by atomic mass is 16.3. The van der Waals surface area contributed by atoms with Gasteiger partial charge in [-0.05, 0) is 13.0 Å². The average Bonchev–Trinajstić information content (AvgIpc) is 2.44. The molecule has 0 aliphatic heterocycles. The molecule has 0 atom stereocenters. The Balaban J connectivity index is 2.78. The molecule has 0 fully saturated rings. The van der Waals surface area contributed by atoms with Crippen molar-refractivity contribution >= 4 is 17.2 Å². The molecule has 2 aromatic rings. The number of furan rings is 1. The molecular formula is C10H10N2O. The standard InChI is InChI=1S/C10H10N2O/c1-7-9(6-12-11)8-4-2-3-5-10(8)13-7/h2-6H,11H2,1H3. The van der Waals surface area contributed by atoms with Crippen molar-refractivity contribution in [1.29, 1.82) is 0 Å². The van der Waals surface area contributed by atoms with E-state index in [9.17, 15) is 0 Å². The SMILES string of the molecule is Cc1oc2ccccc2c1C=NN. The van der Waals surface area contributed by atoms with E-state index in [-0.39, 0.29) is 0 Å². The zero-order valence-electron chi connectivity index (χ0n) is 7.32. The van der Waals surface area contributed by atoms with Crippen LogP contribution in [0, 0.1) is 6.92 Å². The molecule has 0 amide bonds. The fourth-order valence-electron chi connectivity index (χ4n) is 1.42. The summed E-state index contributed by atoms with van der Waals surface area (Å²) in [6.07, 6.45) is 1.61. The van der Waals surface area contributed by atoms with Gasteiger partial charge in [-0.1, -0.05) is 18.2 Å². The van der Waals surface area contributed by atoms with Crippen LogP contribution in [0.2, 0.25) is 0 Å². The maximum Gasteiger partial charge on any atom is 0.134 e. The fraction of sp³-hybridized carbons (Fsp3) is 0.100. The topological polar surface area (TPSA) is 51.5 Å². The Morgan fingerprint density at radius 3 is 2.92 bits per heavy atom.